The number of aromatic nitrogens is 4. The Labute approximate surface area is 123 Å². The standard InChI is InChI=1S/C15H18N6/c1-2-12-13(3-1)17-11-19-15(12)21-8-6-20(7-9-21)14-4-5-16-10-18-14/h4-5,10-11H,1-3,6-9H2. The van der Waals surface area contributed by atoms with Crippen molar-refractivity contribution >= 4 is 11.6 Å². The molecule has 0 amide bonds. The number of rotatable bonds is 2. The highest BCUT2D eigenvalue weighted by molar-refractivity contribution is 5.52. The van der Waals surface area contributed by atoms with E-state index in [0.29, 0.717) is 0 Å². The zero-order valence-electron chi connectivity index (χ0n) is 11.9. The van der Waals surface area contributed by atoms with E-state index in [4.69, 9.17) is 0 Å². The Morgan fingerprint density at radius 1 is 0.857 bits per heavy atom. The molecule has 0 N–H and O–H groups in total. The second-order valence-corrected chi connectivity index (χ2v) is 5.52. The molecule has 2 aromatic heterocycles. The second kappa shape index (κ2) is 5.27. The molecule has 1 aliphatic carbocycles. The van der Waals surface area contributed by atoms with Crippen molar-refractivity contribution in [2.75, 3.05) is 36.0 Å². The third kappa shape index (κ3) is 2.30. The van der Waals surface area contributed by atoms with Gasteiger partial charge in [-0.25, -0.2) is 19.9 Å². The van der Waals surface area contributed by atoms with Crippen LogP contribution in [0.1, 0.15) is 17.7 Å². The van der Waals surface area contributed by atoms with Gasteiger partial charge in [0.2, 0.25) is 0 Å². The van der Waals surface area contributed by atoms with Crippen LogP contribution in [0.4, 0.5) is 11.6 Å². The maximum atomic E-state index is 4.54. The van der Waals surface area contributed by atoms with Gasteiger partial charge in [-0.3, -0.25) is 0 Å². The molecular weight excluding hydrogens is 264 g/mol. The lowest BCUT2D eigenvalue weighted by molar-refractivity contribution is 0.638. The summed E-state index contributed by atoms with van der Waals surface area (Å²) in [5.74, 6) is 2.16. The van der Waals surface area contributed by atoms with Crippen LogP contribution in [0, 0.1) is 0 Å². The molecule has 1 fully saturated rings. The van der Waals surface area contributed by atoms with Crippen LogP contribution in [0.15, 0.2) is 24.9 Å². The smallest absolute Gasteiger partial charge is 0.135 e. The fourth-order valence-electron chi connectivity index (χ4n) is 3.23. The topological polar surface area (TPSA) is 58.0 Å². The Bertz CT molecular complexity index is 621. The predicted molar refractivity (Wildman–Crippen MR) is 80.5 cm³/mol. The fraction of sp³-hybridized carbons (Fsp3) is 0.467. The van der Waals surface area contributed by atoms with Gasteiger partial charge in [0.1, 0.15) is 24.3 Å². The lowest BCUT2D eigenvalue weighted by atomic mass is 10.2. The summed E-state index contributed by atoms with van der Waals surface area (Å²) in [4.78, 5) is 22.0. The molecule has 0 atom stereocenters. The molecule has 2 aromatic rings. The van der Waals surface area contributed by atoms with Gasteiger partial charge in [0.25, 0.3) is 0 Å². The number of fused-ring (bicyclic) bond motifs is 1. The van der Waals surface area contributed by atoms with E-state index in [0.717, 1.165) is 50.7 Å². The van der Waals surface area contributed by atoms with E-state index in [2.05, 4.69) is 29.7 Å². The lowest BCUT2D eigenvalue weighted by Crippen LogP contribution is -2.47. The summed E-state index contributed by atoms with van der Waals surface area (Å²) < 4.78 is 0. The van der Waals surface area contributed by atoms with E-state index < -0.39 is 0 Å². The van der Waals surface area contributed by atoms with Crippen LogP contribution in [-0.2, 0) is 12.8 Å². The minimum Gasteiger partial charge on any atom is -0.353 e. The molecular formula is C15H18N6. The van der Waals surface area contributed by atoms with Crippen LogP contribution in [0.25, 0.3) is 0 Å². The van der Waals surface area contributed by atoms with Crippen molar-refractivity contribution in [2.24, 2.45) is 0 Å². The molecule has 4 rings (SSSR count). The summed E-state index contributed by atoms with van der Waals surface area (Å²) in [6.07, 6.45) is 8.56. The lowest BCUT2D eigenvalue weighted by Gasteiger charge is -2.36. The monoisotopic (exact) mass is 282 g/mol. The predicted octanol–water partition coefficient (Wildman–Crippen LogP) is 1.08. The number of aryl methyl sites for hydroxylation is 1. The van der Waals surface area contributed by atoms with E-state index in [-0.39, 0.29) is 0 Å². The van der Waals surface area contributed by atoms with Crippen LogP contribution in [-0.4, -0.2) is 46.1 Å². The van der Waals surface area contributed by atoms with Gasteiger partial charge >= 0.3 is 0 Å². The molecule has 6 heteroatoms. The van der Waals surface area contributed by atoms with Crippen LogP contribution in [0.2, 0.25) is 0 Å². The first-order chi connectivity index (χ1) is 10.4. The van der Waals surface area contributed by atoms with Crippen molar-refractivity contribution < 1.29 is 0 Å². The largest absolute Gasteiger partial charge is 0.353 e. The first kappa shape index (κ1) is 12.5. The molecule has 0 radical (unpaired) electrons. The van der Waals surface area contributed by atoms with Gasteiger partial charge in [-0.2, -0.15) is 0 Å². The fourth-order valence-corrected chi connectivity index (χ4v) is 3.23. The molecule has 6 nitrogen and oxygen atoms in total. The Morgan fingerprint density at radius 2 is 1.71 bits per heavy atom. The molecule has 1 saturated heterocycles. The second-order valence-electron chi connectivity index (χ2n) is 5.52. The van der Waals surface area contributed by atoms with Crippen LogP contribution in [0.5, 0.6) is 0 Å². The van der Waals surface area contributed by atoms with Gasteiger partial charge in [0.15, 0.2) is 0 Å². The Hall–Kier alpha value is -2.24. The average molecular weight is 282 g/mol. The summed E-state index contributed by atoms with van der Waals surface area (Å²) in [6, 6.07) is 1.97. The quantitative estimate of drug-likeness (QED) is 0.821. The van der Waals surface area contributed by atoms with Crippen LogP contribution in [0.3, 0.4) is 0 Å². The van der Waals surface area contributed by atoms with Crippen molar-refractivity contribution in [3.63, 3.8) is 0 Å². The molecule has 0 bridgehead atoms. The van der Waals surface area contributed by atoms with Gasteiger partial charge in [0.05, 0.1) is 0 Å². The summed E-state index contributed by atoms with van der Waals surface area (Å²) >= 11 is 0. The number of hydrogen-bond acceptors (Lipinski definition) is 6. The zero-order chi connectivity index (χ0) is 14.1. The Balaban J connectivity index is 1.50. The molecule has 0 unspecified atom stereocenters. The molecule has 2 aliphatic rings. The normalized spacial score (nSPS) is 17.9. The van der Waals surface area contributed by atoms with Crippen molar-refractivity contribution in [1.82, 2.24) is 19.9 Å². The van der Waals surface area contributed by atoms with E-state index in [1.807, 2.05) is 6.07 Å². The highest BCUT2D eigenvalue weighted by Crippen LogP contribution is 2.28. The maximum absolute atomic E-state index is 4.54. The number of hydrogen-bond donors (Lipinski definition) is 0. The van der Waals surface area contributed by atoms with Crippen molar-refractivity contribution in [1.29, 1.82) is 0 Å². The van der Waals surface area contributed by atoms with E-state index >= 15 is 0 Å². The van der Waals surface area contributed by atoms with E-state index in [9.17, 15) is 0 Å². The highest BCUT2D eigenvalue weighted by atomic mass is 15.3. The van der Waals surface area contributed by atoms with Gasteiger partial charge < -0.3 is 9.80 Å². The SMILES string of the molecule is c1cc(N2CCN(c3ncnc4c3CCC4)CC2)ncn1. The van der Waals surface area contributed by atoms with Crippen LogP contribution < -0.4 is 9.80 Å². The van der Waals surface area contributed by atoms with E-state index in [1.54, 1.807) is 18.9 Å². The first-order valence-corrected chi connectivity index (χ1v) is 7.50. The minimum absolute atomic E-state index is 0.968. The number of anilines is 2. The van der Waals surface area contributed by atoms with Crippen molar-refractivity contribution in [3.8, 4) is 0 Å². The van der Waals surface area contributed by atoms with Crippen LogP contribution >= 0.6 is 0 Å². The molecule has 3 heterocycles. The summed E-state index contributed by atoms with van der Waals surface area (Å²) in [6.45, 7) is 3.90. The van der Waals surface area contributed by atoms with Crippen molar-refractivity contribution in [2.45, 2.75) is 19.3 Å². The maximum Gasteiger partial charge on any atom is 0.135 e. The molecule has 21 heavy (non-hydrogen) atoms. The summed E-state index contributed by atoms with van der Waals surface area (Å²) in [5, 5.41) is 0. The van der Waals surface area contributed by atoms with E-state index in [1.165, 1.54) is 17.7 Å². The highest BCUT2D eigenvalue weighted by Gasteiger charge is 2.24. The third-order valence-corrected chi connectivity index (χ3v) is 4.32. The first-order valence-electron chi connectivity index (χ1n) is 7.50. The Morgan fingerprint density at radius 3 is 2.52 bits per heavy atom. The average Bonchev–Trinajstić information content (AvgIpc) is 3.04. The van der Waals surface area contributed by atoms with Gasteiger partial charge in [-0.05, 0) is 25.3 Å². The minimum atomic E-state index is 0.968. The van der Waals surface area contributed by atoms with Gasteiger partial charge in [-0.1, -0.05) is 0 Å². The molecule has 108 valence electrons. The van der Waals surface area contributed by atoms with Crippen molar-refractivity contribution in [3.05, 3.63) is 36.2 Å². The molecule has 1 aliphatic heterocycles. The molecule has 0 saturated carbocycles. The summed E-state index contributed by atoms with van der Waals surface area (Å²) in [5.41, 5.74) is 2.62. The Kier molecular flexibility index (Phi) is 3.14. The summed E-state index contributed by atoms with van der Waals surface area (Å²) in [7, 11) is 0. The number of piperazine rings is 1. The van der Waals surface area contributed by atoms with Gasteiger partial charge in [-0.15, -0.1) is 0 Å². The van der Waals surface area contributed by atoms with Gasteiger partial charge in [0, 0.05) is 43.6 Å². The number of nitrogens with zero attached hydrogens (tertiary/aromatic N) is 6. The zero-order valence-corrected chi connectivity index (χ0v) is 11.9. The molecule has 0 aromatic carbocycles. The third-order valence-electron chi connectivity index (χ3n) is 4.32. The molecule has 0 spiro atoms.